The van der Waals surface area contributed by atoms with Gasteiger partial charge in [0.15, 0.2) is 0 Å². The number of carbonyl (C=O) groups excluding carboxylic acids is 2. The molecule has 2 amide bonds. The van der Waals surface area contributed by atoms with E-state index >= 15 is 0 Å². The molecule has 4 heterocycles. The van der Waals surface area contributed by atoms with Crippen LogP contribution in [0, 0.1) is 0 Å². The van der Waals surface area contributed by atoms with Crippen LogP contribution < -0.4 is 10.2 Å². The molecule has 0 saturated carbocycles. The monoisotopic (exact) mass is 455 g/mol. The molecule has 2 N–H and O–H groups in total. The van der Waals surface area contributed by atoms with Crippen molar-refractivity contribution >= 4 is 39.7 Å². The number of hydrogen-bond donors (Lipinski definition) is 2. The maximum Gasteiger partial charge on any atom is 0.418 e. The zero-order valence-corrected chi connectivity index (χ0v) is 17.7. The number of carbonyl (C=O) groups is 2. The summed E-state index contributed by atoms with van der Waals surface area (Å²) in [5.41, 5.74) is -1.04. The second kappa shape index (κ2) is 7.73. The lowest BCUT2D eigenvalue weighted by molar-refractivity contribution is -0.138. The fourth-order valence-corrected chi connectivity index (χ4v) is 4.30. The number of amides is 2. The van der Waals surface area contributed by atoms with Crippen LogP contribution in [0.15, 0.2) is 42.6 Å². The van der Waals surface area contributed by atoms with Gasteiger partial charge in [0.2, 0.25) is 0 Å². The van der Waals surface area contributed by atoms with Gasteiger partial charge >= 0.3 is 6.18 Å². The zero-order valence-electron chi connectivity index (χ0n) is 17.7. The van der Waals surface area contributed by atoms with E-state index in [1.54, 1.807) is 24.3 Å². The fourth-order valence-electron chi connectivity index (χ4n) is 4.30. The number of piperazine rings is 1. The third-order valence-electron chi connectivity index (χ3n) is 6.04. The Bertz CT molecular complexity index is 1300. The molecule has 2 aromatic heterocycles. The highest BCUT2D eigenvalue weighted by molar-refractivity contribution is 6.50. The predicted molar refractivity (Wildman–Crippen MR) is 117 cm³/mol. The fraction of sp³-hybridized carbons (Fsp3) is 0.261. The van der Waals surface area contributed by atoms with E-state index < -0.39 is 29.2 Å². The van der Waals surface area contributed by atoms with E-state index in [2.05, 4.69) is 20.2 Å². The van der Waals surface area contributed by atoms with Crippen LogP contribution in [0.2, 0.25) is 0 Å². The molecule has 1 fully saturated rings. The summed E-state index contributed by atoms with van der Waals surface area (Å²) in [6.45, 7) is 2.65. The number of alkyl halides is 3. The van der Waals surface area contributed by atoms with Crippen molar-refractivity contribution in [3.8, 4) is 0 Å². The van der Waals surface area contributed by atoms with Gasteiger partial charge in [-0.2, -0.15) is 13.2 Å². The normalized spacial score (nSPS) is 17.9. The number of benzene rings is 1. The van der Waals surface area contributed by atoms with Crippen LogP contribution >= 0.6 is 0 Å². The number of aromatic amines is 1. The number of pyridine rings is 1. The van der Waals surface area contributed by atoms with Crippen LogP contribution in [0.4, 0.5) is 19.0 Å². The lowest BCUT2D eigenvalue weighted by Gasteiger charge is -2.33. The van der Waals surface area contributed by atoms with Gasteiger partial charge in [0.1, 0.15) is 5.82 Å². The van der Waals surface area contributed by atoms with Crippen molar-refractivity contribution in [3.63, 3.8) is 0 Å². The Labute approximate surface area is 186 Å². The van der Waals surface area contributed by atoms with E-state index in [-0.39, 0.29) is 11.1 Å². The van der Waals surface area contributed by atoms with Gasteiger partial charge in [0.25, 0.3) is 11.8 Å². The second-order valence-electron chi connectivity index (χ2n) is 8.13. The maximum atomic E-state index is 14.0. The largest absolute Gasteiger partial charge is 0.418 e. The third kappa shape index (κ3) is 3.66. The van der Waals surface area contributed by atoms with Gasteiger partial charge in [0.05, 0.1) is 22.4 Å². The molecule has 0 atom stereocenters. The van der Waals surface area contributed by atoms with E-state index in [4.69, 9.17) is 0 Å². The number of aromatic nitrogens is 2. The molecule has 1 saturated heterocycles. The number of hydrogen-bond acceptors (Lipinski definition) is 5. The van der Waals surface area contributed by atoms with Crippen LogP contribution in [0.5, 0.6) is 0 Å². The highest BCUT2D eigenvalue weighted by Crippen LogP contribution is 2.40. The van der Waals surface area contributed by atoms with E-state index in [0.717, 1.165) is 19.2 Å². The van der Waals surface area contributed by atoms with E-state index in [1.807, 2.05) is 11.9 Å². The topological polar surface area (TPSA) is 81.3 Å². The first-order valence-electron chi connectivity index (χ1n) is 10.4. The van der Waals surface area contributed by atoms with Crippen LogP contribution in [0.3, 0.4) is 0 Å². The number of likely N-dealkylation sites (N-methyl/N-ethyl adjacent to an activating group) is 1. The van der Waals surface area contributed by atoms with Crippen LogP contribution in [0.25, 0.3) is 22.0 Å². The molecule has 0 aliphatic carbocycles. The quantitative estimate of drug-likeness (QED) is 0.594. The standard InChI is InChI=1S/C23H20F3N5O2/c1-30-8-10-31(11-9-30)17-7-6-15(23(24,25)26)20(28-17)19-18(21(32)29-22(19)33)14-12-27-16-5-3-2-4-13(14)16/h2-7,12,27H,8-11H2,1H3,(H,29,32,33). The molecule has 5 rings (SSSR count). The number of nitrogens with zero attached hydrogens (tertiary/aromatic N) is 3. The average molecular weight is 455 g/mol. The number of fused-ring (bicyclic) bond motifs is 1. The Morgan fingerprint density at radius 1 is 0.939 bits per heavy atom. The SMILES string of the molecule is CN1CCN(c2ccc(C(F)(F)F)c(C3=C(c4c[nH]c5ccccc45)C(=O)NC3=O)n2)CC1. The van der Waals surface area contributed by atoms with Gasteiger partial charge in [-0.1, -0.05) is 18.2 Å². The Balaban J connectivity index is 1.73. The molecule has 0 unspecified atom stereocenters. The lowest BCUT2D eigenvalue weighted by atomic mass is 9.96. The minimum atomic E-state index is -4.76. The summed E-state index contributed by atoms with van der Waals surface area (Å²) in [7, 11) is 1.97. The zero-order chi connectivity index (χ0) is 23.3. The summed E-state index contributed by atoms with van der Waals surface area (Å²) in [6, 6.07) is 9.31. The molecule has 2 aliphatic heterocycles. The molecule has 3 aromatic rings. The summed E-state index contributed by atoms with van der Waals surface area (Å²) in [6.07, 6.45) is -3.23. The first-order valence-corrected chi connectivity index (χ1v) is 10.4. The van der Waals surface area contributed by atoms with Gasteiger partial charge in [-0.05, 0) is 25.2 Å². The number of anilines is 1. The minimum absolute atomic E-state index is 0.119. The van der Waals surface area contributed by atoms with Gasteiger partial charge in [-0.25, -0.2) is 4.98 Å². The first kappa shape index (κ1) is 21.2. The molecule has 33 heavy (non-hydrogen) atoms. The molecule has 0 bridgehead atoms. The number of halogens is 3. The van der Waals surface area contributed by atoms with Gasteiger partial charge in [0, 0.05) is 48.8 Å². The van der Waals surface area contributed by atoms with Crippen LogP contribution in [-0.2, 0) is 15.8 Å². The van der Waals surface area contributed by atoms with Crippen molar-refractivity contribution in [1.82, 2.24) is 20.2 Å². The average Bonchev–Trinajstić information content (AvgIpc) is 3.32. The van der Waals surface area contributed by atoms with Crippen molar-refractivity contribution < 1.29 is 22.8 Å². The Hall–Kier alpha value is -3.66. The smallest absolute Gasteiger partial charge is 0.361 e. The highest BCUT2D eigenvalue weighted by atomic mass is 19.4. The van der Waals surface area contributed by atoms with Gasteiger partial charge in [-0.3, -0.25) is 14.9 Å². The molecule has 7 nitrogen and oxygen atoms in total. The molecule has 170 valence electrons. The lowest BCUT2D eigenvalue weighted by Crippen LogP contribution is -2.45. The Morgan fingerprint density at radius 3 is 2.36 bits per heavy atom. The number of rotatable bonds is 3. The molecule has 0 spiro atoms. The summed E-state index contributed by atoms with van der Waals surface area (Å²) in [5, 5.41) is 2.78. The number of para-hydroxylation sites is 1. The Morgan fingerprint density at radius 2 is 1.64 bits per heavy atom. The maximum absolute atomic E-state index is 14.0. The van der Waals surface area contributed by atoms with Crippen LogP contribution in [-0.4, -0.2) is 59.9 Å². The molecular formula is C23H20F3N5O2. The Kier molecular flexibility index (Phi) is 4.97. The third-order valence-corrected chi connectivity index (χ3v) is 6.04. The molecule has 0 radical (unpaired) electrons. The summed E-state index contributed by atoms with van der Waals surface area (Å²) in [4.78, 5) is 36.9. The number of imide groups is 1. The molecule has 2 aliphatic rings. The van der Waals surface area contributed by atoms with E-state index in [0.29, 0.717) is 35.4 Å². The van der Waals surface area contributed by atoms with Crippen molar-refractivity contribution in [3.05, 3.63) is 59.4 Å². The molecular weight excluding hydrogens is 435 g/mol. The molecule has 1 aromatic carbocycles. The minimum Gasteiger partial charge on any atom is -0.361 e. The highest BCUT2D eigenvalue weighted by Gasteiger charge is 2.41. The van der Waals surface area contributed by atoms with Gasteiger partial charge in [-0.15, -0.1) is 0 Å². The molecule has 10 heteroatoms. The van der Waals surface area contributed by atoms with Crippen molar-refractivity contribution in [1.29, 1.82) is 0 Å². The van der Waals surface area contributed by atoms with Gasteiger partial charge < -0.3 is 14.8 Å². The van der Waals surface area contributed by atoms with Crippen molar-refractivity contribution in [2.45, 2.75) is 6.18 Å². The van der Waals surface area contributed by atoms with E-state index in [9.17, 15) is 22.8 Å². The summed E-state index contributed by atoms with van der Waals surface area (Å²) >= 11 is 0. The predicted octanol–water partition coefficient (Wildman–Crippen LogP) is 2.90. The second-order valence-corrected chi connectivity index (χ2v) is 8.13. The van der Waals surface area contributed by atoms with Crippen molar-refractivity contribution in [2.24, 2.45) is 0 Å². The summed E-state index contributed by atoms with van der Waals surface area (Å²) in [5.74, 6) is -1.31. The first-order chi connectivity index (χ1) is 15.7. The summed E-state index contributed by atoms with van der Waals surface area (Å²) < 4.78 is 41.9. The van der Waals surface area contributed by atoms with Crippen molar-refractivity contribution in [2.75, 3.05) is 38.1 Å². The number of H-pyrrole nitrogens is 1. The van der Waals surface area contributed by atoms with E-state index in [1.165, 1.54) is 12.3 Å². The van der Waals surface area contributed by atoms with Crippen LogP contribution in [0.1, 0.15) is 16.8 Å². The number of nitrogens with one attached hydrogen (secondary N) is 2.